The number of nitrogens with zero attached hydrogens (tertiary/aromatic N) is 5. The minimum atomic E-state index is -0.00751. The van der Waals surface area contributed by atoms with Crippen molar-refractivity contribution < 1.29 is 0 Å². The van der Waals surface area contributed by atoms with Gasteiger partial charge in [0.1, 0.15) is 11.3 Å². The predicted octanol–water partition coefficient (Wildman–Crippen LogP) is 1.79. The fourth-order valence-electron chi connectivity index (χ4n) is 1.91. The van der Waals surface area contributed by atoms with Gasteiger partial charge in [0.2, 0.25) is 0 Å². The predicted molar refractivity (Wildman–Crippen MR) is 73.2 cm³/mol. The Hall–Kier alpha value is -2.37. The average Bonchev–Trinajstić information content (AvgIpc) is 2.93. The molecule has 0 aliphatic heterocycles. The van der Waals surface area contributed by atoms with Gasteiger partial charge in [-0.3, -0.25) is 0 Å². The number of aromatic nitrogens is 5. The highest BCUT2D eigenvalue weighted by Gasteiger charge is 2.19. The van der Waals surface area contributed by atoms with Crippen LogP contribution in [0.5, 0.6) is 0 Å². The van der Waals surface area contributed by atoms with Crippen LogP contribution in [0.2, 0.25) is 0 Å². The third-order valence-electron chi connectivity index (χ3n) is 2.96. The zero-order chi connectivity index (χ0) is 13.6. The van der Waals surface area contributed by atoms with Crippen molar-refractivity contribution in [2.24, 2.45) is 0 Å². The van der Waals surface area contributed by atoms with Crippen LogP contribution in [0.25, 0.3) is 11.3 Å². The molecule has 0 aliphatic carbocycles. The van der Waals surface area contributed by atoms with Gasteiger partial charge in [0.25, 0.3) is 0 Å². The van der Waals surface area contributed by atoms with E-state index in [1.165, 1.54) is 0 Å². The number of anilines is 1. The molecule has 6 nitrogen and oxygen atoms in total. The average molecular weight is 256 g/mol. The molecule has 0 aromatic carbocycles. The van der Waals surface area contributed by atoms with Gasteiger partial charge in [0.15, 0.2) is 5.82 Å². The van der Waals surface area contributed by atoms with Crippen LogP contribution in [0.1, 0.15) is 26.5 Å². The van der Waals surface area contributed by atoms with Crippen molar-refractivity contribution in [3.05, 3.63) is 36.4 Å². The molecule has 3 aromatic rings. The summed E-state index contributed by atoms with van der Waals surface area (Å²) >= 11 is 0. The van der Waals surface area contributed by atoms with Crippen LogP contribution in [-0.4, -0.2) is 24.4 Å². The fraction of sp³-hybridized carbons (Fsp3) is 0.308. The van der Waals surface area contributed by atoms with Crippen molar-refractivity contribution in [3.63, 3.8) is 0 Å². The Morgan fingerprint density at radius 2 is 1.95 bits per heavy atom. The van der Waals surface area contributed by atoms with Gasteiger partial charge in [-0.2, -0.15) is 5.10 Å². The molecule has 3 aromatic heterocycles. The van der Waals surface area contributed by atoms with Gasteiger partial charge in [-0.05, 0) is 6.07 Å². The third kappa shape index (κ3) is 1.95. The molecule has 0 amide bonds. The zero-order valence-corrected chi connectivity index (χ0v) is 11.2. The first-order valence-corrected chi connectivity index (χ1v) is 6.11. The van der Waals surface area contributed by atoms with Crippen LogP contribution in [0.15, 0.2) is 30.7 Å². The summed E-state index contributed by atoms with van der Waals surface area (Å²) in [5.74, 6) is 1.20. The van der Waals surface area contributed by atoms with Crippen molar-refractivity contribution in [3.8, 4) is 5.82 Å². The first-order valence-electron chi connectivity index (χ1n) is 6.11. The van der Waals surface area contributed by atoms with E-state index in [0.717, 1.165) is 17.0 Å². The van der Waals surface area contributed by atoms with E-state index in [2.05, 4.69) is 36.0 Å². The van der Waals surface area contributed by atoms with Crippen LogP contribution >= 0.6 is 0 Å². The van der Waals surface area contributed by atoms with Crippen molar-refractivity contribution in [2.75, 3.05) is 5.73 Å². The van der Waals surface area contributed by atoms with Crippen LogP contribution < -0.4 is 5.73 Å². The number of nitrogen functional groups attached to an aromatic ring is 1. The molecule has 0 aliphatic rings. The van der Waals surface area contributed by atoms with E-state index in [0.29, 0.717) is 5.82 Å². The quantitative estimate of drug-likeness (QED) is 0.720. The molecule has 19 heavy (non-hydrogen) atoms. The smallest absolute Gasteiger partial charge is 0.179 e. The second kappa shape index (κ2) is 3.81. The zero-order valence-electron chi connectivity index (χ0n) is 11.2. The summed E-state index contributed by atoms with van der Waals surface area (Å²) in [5.41, 5.74) is 7.57. The third-order valence-corrected chi connectivity index (χ3v) is 2.96. The molecule has 0 bridgehead atoms. The highest BCUT2D eigenvalue weighted by molar-refractivity contribution is 5.61. The lowest BCUT2D eigenvalue weighted by atomic mass is 9.92. The summed E-state index contributed by atoms with van der Waals surface area (Å²) in [6.07, 6.45) is 5.34. The fourth-order valence-corrected chi connectivity index (χ4v) is 1.91. The lowest BCUT2D eigenvalue weighted by molar-refractivity contribution is 0.562. The standard InChI is InChI=1S/C13H16N6/c1-13(2,3)10-8-9-12(15-5-7-18(9)16-10)19-6-4-11(14)17-19/h4-8H,1-3H3,(H2,14,17). The van der Waals surface area contributed by atoms with Crippen molar-refractivity contribution in [1.82, 2.24) is 24.4 Å². The molecular weight excluding hydrogens is 240 g/mol. The second-order valence-corrected chi connectivity index (χ2v) is 5.55. The largest absolute Gasteiger partial charge is 0.382 e. The lowest BCUT2D eigenvalue weighted by Crippen LogP contribution is -2.11. The minimum absolute atomic E-state index is 0.00751. The molecule has 0 radical (unpaired) electrons. The van der Waals surface area contributed by atoms with Crippen molar-refractivity contribution in [1.29, 1.82) is 0 Å². The maximum absolute atomic E-state index is 5.65. The molecule has 0 spiro atoms. The summed E-state index contributed by atoms with van der Waals surface area (Å²) in [5, 5.41) is 8.77. The topological polar surface area (TPSA) is 74.0 Å². The molecule has 0 atom stereocenters. The van der Waals surface area contributed by atoms with Crippen LogP contribution in [0.3, 0.4) is 0 Å². The summed E-state index contributed by atoms with van der Waals surface area (Å²) in [6.45, 7) is 6.40. The van der Waals surface area contributed by atoms with E-state index in [1.54, 1.807) is 23.1 Å². The van der Waals surface area contributed by atoms with E-state index >= 15 is 0 Å². The van der Waals surface area contributed by atoms with E-state index in [9.17, 15) is 0 Å². The molecule has 0 saturated carbocycles. The summed E-state index contributed by atoms with van der Waals surface area (Å²) in [7, 11) is 0. The lowest BCUT2D eigenvalue weighted by Gasteiger charge is -2.13. The minimum Gasteiger partial charge on any atom is -0.382 e. The van der Waals surface area contributed by atoms with Crippen LogP contribution in [0.4, 0.5) is 5.82 Å². The van der Waals surface area contributed by atoms with Gasteiger partial charge in [0, 0.05) is 30.1 Å². The summed E-state index contributed by atoms with van der Waals surface area (Å²) in [6, 6.07) is 3.78. The molecular formula is C13H16N6. The summed E-state index contributed by atoms with van der Waals surface area (Å²) in [4.78, 5) is 4.37. The Balaban J connectivity index is 2.23. The van der Waals surface area contributed by atoms with Crippen LogP contribution in [-0.2, 0) is 5.41 Å². The molecule has 3 heterocycles. The van der Waals surface area contributed by atoms with E-state index in [-0.39, 0.29) is 5.41 Å². The number of rotatable bonds is 1. The van der Waals surface area contributed by atoms with E-state index < -0.39 is 0 Å². The Morgan fingerprint density at radius 3 is 2.58 bits per heavy atom. The Bertz CT molecular complexity index is 731. The van der Waals surface area contributed by atoms with Gasteiger partial charge in [0.05, 0.1) is 5.69 Å². The molecule has 3 rings (SSSR count). The molecule has 0 saturated heterocycles. The van der Waals surface area contributed by atoms with Crippen molar-refractivity contribution >= 4 is 11.3 Å². The maximum atomic E-state index is 5.65. The van der Waals surface area contributed by atoms with Gasteiger partial charge >= 0.3 is 0 Å². The second-order valence-electron chi connectivity index (χ2n) is 5.55. The van der Waals surface area contributed by atoms with E-state index in [1.807, 2.05) is 16.8 Å². The molecule has 0 unspecified atom stereocenters. The van der Waals surface area contributed by atoms with Crippen LogP contribution in [0, 0.1) is 0 Å². The summed E-state index contributed by atoms with van der Waals surface area (Å²) < 4.78 is 3.49. The number of fused-ring (bicyclic) bond motifs is 1. The van der Waals surface area contributed by atoms with Gasteiger partial charge in [-0.1, -0.05) is 20.8 Å². The molecule has 98 valence electrons. The molecule has 0 fully saturated rings. The number of hydrogen-bond acceptors (Lipinski definition) is 4. The Labute approximate surface area is 110 Å². The highest BCUT2D eigenvalue weighted by Crippen LogP contribution is 2.24. The normalized spacial score (nSPS) is 12.2. The van der Waals surface area contributed by atoms with Gasteiger partial charge < -0.3 is 5.73 Å². The maximum Gasteiger partial charge on any atom is 0.179 e. The monoisotopic (exact) mass is 256 g/mol. The van der Waals surface area contributed by atoms with Crippen molar-refractivity contribution in [2.45, 2.75) is 26.2 Å². The number of hydrogen-bond donors (Lipinski definition) is 1. The molecule has 6 heteroatoms. The highest BCUT2D eigenvalue weighted by atomic mass is 15.3. The van der Waals surface area contributed by atoms with Gasteiger partial charge in [-0.25, -0.2) is 14.2 Å². The first-order chi connectivity index (χ1) is 8.95. The first kappa shape index (κ1) is 11.7. The Kier molecular flexibility index (Phi) is 2.35. The SMILES string of the molecule is CC(C)(C)c1cc2c(-n3ccc(N)n3)nccn2n1. The Morgan fingerprint density at radius 1 is 1.16 bits per heavy atom. The number of nitrogens with two attached hydrogens (primary N) is 1. The van der Waals surface area contributed by atoms with Gasteiger partial charge in [-0.15, -0.1) is 5.10 Å². The molecule has 2 N–H and O–H groups in total. The van der Waals surface area contributed by atoms with E-state index in [4.69, 9.17) is 5.73 Å².